The molecule has 0 spiro atoms. The minimum atomic E-state index is -0.335. The Labute approximate surface area is 157 Å². The molecule has 27 heavy (non-hydrogen) atoms. The van der Waals surface area contributed by atoms with E-state index in [4.69, 9.17) is 0 Å². The number of H-pyrrole nitrogens is 1. The molecule has 0 radical (unpaired) electrons. The van der Waals surface area contributed by atoms with Crippen molar-refractivity contribution in [1.29, 1.82) is 0 Å². The fourth-order valence-corrected chi connectivity index (χ4v) is 2.79. The number of carbonyl (C=O) groups is 2. The van der Waals surface area contributed by atoms with Gasteiger partial charge in [-0.3, -0.25) is 14.3 Å². The summed E-state index contributed by atoms with van der Waals surface area (Å²) >= 11 is 0. The fourth-order valence-electron chi connectivity index (χ4n) is 2.79. The molecule has 3 aromatic rings. The van der Waals surface area contributed by atoms with Crippen LogP contribution in [0.1, 0.15) is 45.3 Å². The highest BCUT2D eigenvalue weighted by Gasteiger charge is 2.22. The predicted octanol–water partition coefficient (Wildman–Crippen LogP) is 1.55. The molecule has 0 fully saturated rings. The zero-order valence-corrected chi connectivity index (χ0v) is 15.3. The van der Waals surface area contributed by atoms with Crippen LogP contribution in [0.2, 0.25) is 0 Å². The molecule has 8 heteroatoms. The first-order valence-electron chi connectivity index (χ1n) is 8.73. The van der Waals surface area contributed by atoms with Gasteiger partial charge in [0.15, 0.2) is 5.69 Å². The van der Waals surface area contributed by atoms with Crippen molar-refractivity contribution < 1.29 is 9.59 Å². The number of carbonyl (C=O) groups excluding carboxylic acids is 2. The second-order valence-electron chi connectivity index (χ2n) is 6.07. The molecule has 2 aromatic heterocycles. The van der Waals surface area contributed by atoms with E-state index in [1.54, 1.807) is 17.1 Å². The standard InChI is InChI=1S/C19H22N6O2/c1-13(14-6-4-3-5-7-14)25-16(12-15(24-25)18(26)20-2)19(27)23-9-8-17-21-10-11-22-17/h3-7,10-13H,8-9H2,1-2H3,(H,20,26)(H,21,22)(H,23,27)/t13-/m0/s1. The van der Waals surface area contributed by atoms with E-state index in [2.05, 4.69) is 25.7 Å². The summed E-state index contributed by atoms with van der Waals surface area (Å²) in [5.41, 5.74) is 1.54. The summed E-state index contributed by atoms with van der Waals surface area (Å²) < 4.78 is 1.59. The minimum Gasteiger partial charge on any atom is -0.354 e. The molecule has 2 amide bonds. The number of benzene rings is 1. The molecule has 1 aromatic carbocycles. The van der Waals surface area contributed by atoms with E-state index in [-0.39, 0.29) is 23.6 Å². The number of rotatable bonds is 7. The number of nitrogens with zero attached hydrogens (tertiary/aromatic N) is 3. The molecule has 0 aliphatic heterocycles. The van der Waals surface area contributed by atoms with Crippen LogP contribution in [0, 0.1) is 0 Å². The summed E-state index contributed by atoms with van der Waals surface area (Å²) in [4.78, 5) is 31.8. The molecule has 140 valence electrons. The van der Waals surface area contributed by atoms with Gasteiger partial charge in [0, 0.05) is 38.5 Å². The average molecular weight is 366 g/mol. The highest BCUT2D eigenvalue weighted by Crippen LogP contribution is 2.20. The van der Waals surface area contributed by atoms with Crippen molar-refractivity contribution in [2.24, 2.45) is 0 Å². The summed E-state index contributed by atoms with van der Waals surface area (Å²) in [6.07, 6.45) is 4.00. The van der Waals surface area contributed by atoms with Gasteiger partial charge in [0.2, 0.25) is 0 Å². The highest BCUT2D eigenvalue weighted by molar-refractivity contribution is 5.97. The Balaban J connectivity index is 1.82. The Hall–Kier alpha value is -3.42. The molecular formula is C19H22N6O2. The van der Waals surface area contributed by atoms with Gasteiger partial charge in [0.25, 0.3) is 11.8 Å². The van der Waals surface area contributed by atoms with Gasteiger partial charge in [0.05, 0.1) is 6.04 Å². The topological polar surface area (TPSA) is 105 Å². The van der Waals surface area contributed by atoms with Gasteiger partial charge in [-0.05, 0) is 12.5 Å². The van der Waals surface area contributed by atoms with E-state index in [1.165, 1.54) is 13.1 Å². The number of imidazole rings is 1. The molecule has 0 aliphatic carbocycles. The summed E-state index contributed by atoms with van der Waals surface area (Å²) in [5, 5.41) is 9.77. The molecule has 1 atom stereocenters. The maximum absolute atomic E-state index is 12.7. The average Bonchev–Trinajstić information content (AvgIpc) is 3.37. The quantitative estimate of drug-likeness (QED) is 0.590. The monoisotopic (exact) mass is 366 g/mol. The second kappa shape index (κ2) is 8.31. The Morgan fingerprint density at radius 1 is 1.22 bits per heavy atom. The molecule has 8 nitrogen and oxygen atoms in total. The Bertz CT molecular complexity index is 902. The van der Waals surface area contributed by atoms with Crippen molar-refractivity contribution in [1.82, 2.24) is 30.4 Å². The van der Waals surface area contributed by atoms with Crippen LogP contribution in [0.3, 0.4) is 0 Å². The van der Waals surface area contributed by atoms with E-state index in [1.807, 2.05) is 37.3 Å². The lowest BCUT2D eigenvalue weighted by Crippen LogP contribution is -2.29. The maximum Gasteiger partial charge on any atom is 0.271 e. The van der Waals surface area contributed by atoms with E-state index < -0.39 is 0 Å². The molecule has 0 saturated heterocycles. The maximum atomic E-state index is 12.7. The lowest BCUT2D eigenvalue weighted by atomic mass is 10.1. The number of hydrogen-bond donors (Lipinski definition) is 3. The lowest BCUT2D eigenvalue weighted by Gasteiger charge is -2.16. The highest BCUT2D eigenvalue weighted by atomic mass is 16.2. The van der Waals surface area contributed by atoms with Gasteiger partial charge < -0.3 is 15.6 Å². The lowest BCUT2D eigenvalue weighted by molar-refractivity contribution is 0.0938. The van der Waals surface area contributed by atoms with Crippen LogP contribution in [0.15, 0.2) is 48.8 Å². The van der Waals surface area contributed by atoms with Gasteiger partial charge in [-0.25, -0.2) is 4.98 Å². The number of aromatic amines is 1. The minimum absolute atomic E-state index is 0.199. The van der Waals surface area contributed by atoms with Gasteiger partial charge >= 0.3 is 0 Å². The smallest absolute Gasteiger partial charge is 0.271 e. The number of aromatic nitrogens is 4. The van der Waals surface area contributed by atoms with Crippen LogP contribution < -0.4 is 10.6 Å². The van der Waals surface area contributed by atoms with Crippen LogP contribution in [0.4, 0.5) is 0 Å². The number of hydrogen-bond acceptors (Lipinski definition) is 4. The van der Waals surface area contributed by atoms with Crippen molar-refractivity contribution >= 4 is 11.8 Å². The van der Waals surface area contributed by atoms with Crippen LogP contribution in [0.25, 0.3) is 0 Å². The largest absolute Gasteiger partial charge is 0.354 e. The molecule has 0 bridgehead atoms. The molecular weight excluding hydrogens is 344 g/mol. The van der Waals surface area contributed by atoms with Gasteiger partial charge in [-0.1, -0.05) is 30.3 Å². The van der Waals surface area contributed by atoms with Crippen LogP contribution >= 0.6 is 0 Å². The molecule has 0 unspecified atom stereocenters. The van der Waals surface area contributed by atoms with Crippen LogP contribution in [-0.2, 0) is 6.42 Å². The van der Waals surface area contributed by atoms with E-state index in [0.29, 0.717) is 18.7 Å². The van der Waals surface area contributed by atoms with E-state index in [9.17, 15) is 9.59 Å². The summed E-state index contributed by atoms with van der Waals surface area (Å²) in [5.74, 6) is 0.179. The van der Waals surface area contributed by atoms with Crippen molar-refractivity contribution in [3.05, 3.63) is 71.6 Å². The van der Waals surface area contributed by atoms with Gasteiger partial charge in [0.1, 0.15) is 11.5 Å². The zero-order valence-electron chi connectivity index (χ0n) is 15.3. The van der Waals surface area contributed by atoms with Gasteiger partial charge in [-0.15, -0.1) is 0 Å². The number of amides is 2. The predicted molar refractivity (Wildman–Crippen MR) is 100 cm³/mol. The fraction of sp³-hybridized carbons (Fsp3) is 0.263. The molecule has 2 heterocycles. The SMILES string of the molecule is CNC(=O)c1cc(C(=O)NCCc2ncc[nH]2)n([C@@H](C)c2ccccc2)n1. The summed E-state index contributed by atoms with van der Waals surface area (Å²) in [7, 11) is 1.53. The van der Waals surface area contributed by atoms with Crippen LogP contribution in [-0.4, -0.2) is 45.2 Å². The Morgan fingerprint density at radius 3 is 2.67 bits per heavy atom. The first-order chi connectivity index (χ1) is 13.1. The first kappa shape index (κ1) is 18.4. The molecule has 3 N–H and O–H groups in total. The summed E-state index contributed by atoms with van der Waals surface area (Å²) in [6.45, 7) is 2.36. The third-order valence-electron chi connectivity index (χ3n) is 4.28. The molecule has 3 rings (SSSR count). The van der Waals surface area contributed by atoms with Crippen molar-refractivity contribution in [3.63, 3.8) is 0 Å². The Kier molecular flexibility index (Phi) is 5.65. The third kappa shape index (κ3) is 4.22. The van der Waals surface area contributed by atoms with E-state index in [0.717, 1.165) is 11.4 Å². The van der Waals surface area contributed by atoms with Crippen molar-refractivity contribution in [2.75, 3.05) is 13.6 Å². The molecule has 0 aliphatic rings. The normalized spacial score (nSPS) is 11.8. The molecule has 0 saturated carbocycles. The summed E-state index contributed by atoms with van der Waals surface area (Å²) in [6, 6.07) is 11.0. The second-order valence-corrected chi connectivity index (χ2v) is 6.07. The van der Waals surface area contributed by atoms with E-state index >= 15 is 0 Å². The third-order valence-corrected chi connectivity index (χ3v) is 4.28. The zero-order chi connectivity index (χ0) is 19.2. The van der Waals surface area contributed by atoms with Crippen molar-refractivity contribution in [2.45, 2.75) is 19.4 Å². The van der Waals surface area contributed by atoms with Crippen molar-refractivity contribution in [3.8, 4) is 0 Å². The first-order valence-corrected chi connectivity index (χ1v) is 8.73. The van der Waals surface area contributed by atoms with Crippen LogP contribution in [0.5, 0.6) is 0 Å². The number of nitrogens with one attached hydrogen (secondary N) is 3. The Morgan fingerprint density at radius 2 is 2.00 bits per heavy atom. The van der Waals surface area contributed by atoms with Gasteiger partial charge in [-0.2, -0.15) is 5.10 Å².